The van der Waals surface area contributed by atoms with Crippen LogP contribution < -0.4 is 10.3 Å². The summed E-state index contributed by atoms with van der Waals surface area (Å²) in [6.07, 6.45) is 2.22. The summed E-state index contributed by atoms with van der Waals surface area (Å²) in [6.45, 7) is 1.93. The third kappa shape index (κ3) is 5.11. The Kier molecular flexibility index (Phi) is 7.79. The maximum Gasteiger partial charge on any atom is 0.260 e. The second-order valence-corrected chi connectivity index (χ2v) is 15.3. The van der Waals surface area contributed by atoms with E-state index in [-0.39, 0.29) is 18.7 Å². The number of amides is 4. The average molecular weight is 759 g/mol. The molecule has 1 aromatic heterocycles. The zero-order valence-electron chi connectivity index (χ0n) is 30.6. The molecule has 0 bridgehead atoms. The summed E-state index contributed by atoms with van der Waals surface area (Å²) in [4.78, 5) is 64.9. The minimum atomic E-state index is -1.56. The lowest BCUT2D eigenvalue weighted by atomic mass is 9.49. The number of imide groups is 2. The maximum absolute atomic E-state index is 15.4. The Morgan fingerprint density at radius 3 is 2.30 bits per heavy atom. The zero-order valence-corrected chi connectivity index (χ0v) is 30.6. The van der Waals surface area contributed by atoms with Crippen molar-refractivity contribution >= 4 is 46.1 Å². The first-order valence-corrected chi connectivity index (χ1v) is 18.9. The van der Waals surface area contributed by atoms with Gasteiger partial charge in [-0.05, 0) is 97.5 Å². The smallest absolute Gasteiger partial charge is 0.260 e. The van der Waals surface area contributed by atoms with Gasteiger partial charge in [-0.15, -0.1) is 0 Å². The lowest BCUT2D eigenvalue weighted by molar-refractivity contribution is -0.138. The number of phenols is 1. The summed E-state index contributed by atoms with van der Waals surface area (Å²) < 4.78 is 21.3. The van der Waals surface area contributed by atoms with Gasteiger partial charge >= 0.3 is 0 Å². The van der Waals surface area contributed by atoms with Crippen LogP contribution in [0.5, 0.6) is 5.75 Å². The summed E-state index contributed by atoms with van der Waals surface area (Å²) in [5, 5.41) is 11.3. The monoisotopic (exact) mass is 758 g/mol. The van der Waals surface area contributed by atoms with Crippen LogP contribution in [0.4, 0.5) is 15.8 Å². The minimum Gasteiger partial charge on any atom is -0.505 e. The number of hydrazine groups is 1. The molecule has 2 N–H and O–H groups in total. The van der Waals surface area contributed by atoms with E-state index in [0.29, 0.717) is 50.6 Å². The molecule has 10 nitrogen and oxygen atoms in total. The average Bonchev–Trinajstić information content (AvgIpc) is 3.84. The van der Waals surface area contributed by atoms with Crippen molar-refractivity contribution in [3.63, 3.8) is 0 Å². The van der Waals surface area contributed by atoms with Gasteiger partial charge in [0.15, 0.2) is 17.1 Å². The van der Waals surface area contributed by atoms with Crippen LogP contribution in [0.3, 0.4) is 0 Å². The van der Waals surface area contributed by atoms with Crippen LogP contribution in [0, 0.1) is 36.4 Å². The van der Waals surface area contributed by atoms with Gasteiger partial charge in [-0.1, -0.05) is 77.9 Å². The Hall–Kier alpha value is -6.88. The Labute approximate surface area is 326 Å². The van der Waals surface area contributed by atoms with Gasteiger partial charge in [-0.3, -0.25) is 29.5 Å². The second-order valence-electron chi connectivity index (χ2n) is 15.3. The van der Waals surface area contributed by atoms with Crippen LogP contribution in [0.1, 0.15) is 35.4 Å². The van der Waals surface area contributed by atoms with Crippen LogP contribution in [0.2, 0.25) is 0 Å². The number of hydrogen-bond donors (Lipinski definition) is 2. The molecule has 11 heteroatoms. The largest absolute Gasteiger partial charge is 0.505 e. The molecule has 2 aliphatic carbocycles. The van der Waals surface area contributed by atoms with E-state index in [1.54, 1.807) is 66.7 Å². The summed E-state index contributed by atoms with van der Waals surface area (Å²) >= 11 is 0. The summed E-state index contributed by atoms with van der Waals surface area (Å²) in [5.74, 6) is -6.88. The molecule has 4 amide bonds. The van der Waals surface area contributed by atoms with Gasteiger partial charge in [-0.2, -0.15) is 5.01 Å². The number of carbonyl (C=O) groups is 4. The number of benzene rings is 5. The second kappa shape index (κ2) is 12.8. The fourth-order valence-electron chi connectivity index (χ4n) is 9.83. The number of fused-ring (bicyclic) bond motifs is 5. The molecule has 57 heavy (non-hydrogen) atoms. The summed E-state index contributed by atoms with van der Waals surface area (Å²) in [7, 11) is 0. The van der Waals surface area contributed by atoms with E-state index in [4.69, 9.17) is 4.42 Å². The molecule has 1 saturated carbocycles. The Bertz CT molecular complexity index is 2640. The van der Waals surface area contributed by atoms with Crippen LogP contribution in [-0.2, 0) is 24.6 Å². The number of oxazole rings is 1. The highest BCUT2D eigenvalue weighted by molar-refractivity contribution is 6.22. The van der Waals surface area contributed by atoms with Crippen molar-refractivity contribution in [3.8, 4) is 17.2 Å². The first kappa shape index (κ1) is 34.6. The number of rotatable bonds is 6. The van der Waals surface area contributed by atoms with Crippen molar-refractivity contribution in [2.24, 2.45) is 23.7 Å². The standard InChI is InChI=1S/C46H35FN4O6/c1-25-11-16-29(17-12-25)49-51-43(54)34-24-33-31(40(27-15-22-37(52)35(47)23-27)46(34,45(51)56)28-7-3-2-4-8-28)20-21-32-39(33)44(55)50(42(32)53)30-18-13-26(14-19-30)41-48-36-9-5-6-10-38(36)57-41/h2-20,22-23,32-34,39-40,49,52H,21,24H2,1H3/t32-,33+,34-,39-,40-,46+/m0/s1. The lowest BCUT2D eigenvalue weighted by Crippen LogP contribution is -2.53. The molecule has 6 aromatic rings. The van der Waals surface area contributed by atoms with Gasteiger partial charge in [0.1, 0.15) is 5.52 Å². The molecule has 3 heterocycles. The van der Waals surface area contributed by atoms with Crippen LogP contribution in [-0.4, -0.2) is 38.7 Å². The van der Waals surface area contributed by atoms with Gasteiger partial charge in [0.05, 0.1) is 34.5 Å². The number of phenolic OH excluding ortho intramolecular Hbond substituents is 1. The Morgan fingerprint density at radius 1 is 0.825 bits per heavy atom. The van der Waals surface area contributed by atoms with Gasteiger partial charge in [0.2, 0.25) is 17.7 Å². The molecule has 2 aliphatic heterocycles. The molecule has 4 aliphatic rings. The fourth-order valence-corrected chi connectivity index (χ4v) is 9.83. The molecule has 5 aromatic carbocycles. The van der Waals surface area contributed by atoms with Crippen molar-refractivity contribution < 1.29 is 33.1 Å². The van der Waals surface area contributed by atoms with Crippen LogP contribution >= 0.6 is 0 Å². The summed E-state index contributed by atoms with van der Waals surface area (Å²) in [5.41, 5.74) is 7.09. The maximum atomic E-state index is 15.4. The Morgan fingerprint density at radius 2 is 1.56 bits per heavy atom. The van der Waals surface area contributed by atoms with Crippen molar-refractivity contribution in [1.82, 2.24) is 9.99 Å². The summed E-state index contributed by atoms with van der Waals surface area (Å²) in [6, 6.07) is 34.7. The van der Waals surface area contributed by atoms with Gasteiger partial charge < -0.3 is 9.52 Å². The van der Waals surface area contributed by atoms with E-state index in [9.17, 15) is 19.5 Å². The van der Waals surface area contributed by atoms with Crippen LogP contribution in [0.15, 0.2) is 137 Å². The fraction of sp³-hybridized carbons (Fsp3) is 0.196. The van der Waals surface area contributed by atoms with Crippen molar-refractivity contribution in [2.75, 3.05) is 10.3 Å². The number of allylic oxidation sites excluding steroid dienone is 2. The Balaban J connectivity index is 1.07. The molecule has 2 saturated heterocycles. The van der Waals surface area contributed by atoms with Gasteiger partial charge in [-0.25, -0.2) is 9.37 Å². The van der Waals surface area contributed by atoms with Crippen molar-refractivity contribution in [2.45, 2.75) is 31.1 Å². The normalized spacial score (nSPS) is 25.4. The van der Waals surface area contributed by atoms with E-state index >= 15 is 9.18 Å². The molecule has 0 spiro atoms. The molecule has 10 rings (SSSR count). The number of para-hydroxylation sites is 2. The molecular formula is C46H35FN4O6. The minimum absolute atomic E-state index is 0.0964. The molecule has 6 atom stereocenters. The predicted molar refractivity (Wildman–Crippen MR) is 209 cm³/mol. The third-order valence-electron chi connectivity index (χ3n) is 12.4. The first-order chi connectivity index (χ1) is 27.6. The van der Waals surface area contributed by atoms with Gasteiger partial charge in [0, 0.05) is 11.5 Å². The number of halogens is 1. The predicted octanol–water partition coefficient (Wildman–Crippen LogP) is 7.84. The van der Waals surface area contributed by atoms with E-state index in [1.807, 2.05) is 55.5 Å². The van der Waals surface area contributed by atoms with Crippen molar-refractivity contribution in [1.29, 1.82) is 0 Å². The van der Waals surface area contributed by atoms with Crippen LogP contribution in [0.25, 0.3) is 22.6 Å². The number of aromatic nitrogens is 1. The topological polar surface area (TPSA) is 133 Å². The number of aryl methyl sites for hydroxylation is 1. The quantitative estimate of drug-likeness (QED) is 0.130. The molecule has 0 unspecified atom stereocenters. The lowest BCUT2D eigenvalue weighted by Gasteiger charge is -2.50. The highest BCUT2D eigenvalue weighted by Gasteiger charge is 2.70. The SMILES string of the molecule is Cc1ccc(NN2C(=O)[C@@H]3C[C@@H]4C(=CC[C@@H]5C(=O)N(c6ccc(-c7nc8ccccc8o7)cc6)C(=O)[C@@H]54)[C@H](c4ccc(O)c(F)c4)[C@]3(c3ccccc3)C2=O)cc1. The van der Waals surface area contributed by atoms with E-state index in [1.165, 1.54) is 17.0 Å². The molecule has 3 fully saturated rings. The number of nitrogens with one attached hydrogen (secondary N) is 1. The number of hydrogen-bond acceptors (Lipinski definition) is 8. The molecular weight excluding hydrogens is 724 g/mol. The van der Waals surface area contributed by atoms with E-state index in [2.05, 4.69) is 10.4 Å². The first-order valence-electron chi connectivity index (χ1n) is 18.9. The number of carbonyl (C=O) groups excluding carboxylic acids is 4. The zero-order chi connectivity index (χ0) is 39.2. The highest BCUT2D eigenvalue weighted by Crippen LogP contribution is 2.64. The van der Waals surface area contributed by atoms with Crippen molar-refractivity contribution in [3.05, 3.63) is 155 Å². The highest BCUT2D eigenvalue weighted by atomic mass is 19.1. The van der Waals surface area contributed by atoms with Gasteiger partial charge in [0.25, 0.3) is 11.8 Å². The number of aromatic hydroxyl groups is 1. The molecule has 282 valence electrons. The number of nitrogens with zero attached hydrogens (tertiary/aromatic N) is 3. The van der Waals surface area contributed by atoms with E-state index in [0.717, 1.165) is 10.6 Å². The van der Waals surface area contributed by atoms with E-state index < -0.39 is 64.3 Å². The number of anilines is 2. The third-order valence-corrected chi connectivity index (χ3v) is 12.4. The molecule has 0 radical (unpaired) electrons.